The van der Waals surface area contributed by atoms with Crippen molar-refractivity contribution in [2.45, 2.75) is 53.2 Å². The molecule has 0 saturated carbocycles. The van der Waals surface area contributed by atoms with E-state index in [9.17, 15) is 5.11 Å². The molecular formula is C15H24N2O. The highest BCUT2D eigenvalue weighted by Crippen LogP contribution is 2.30. The first kappa shape index (κ1) is 13.3. The van der Waals surface area contributed by atoms with Crippen molar-refractivity contribution < 1.29 is 5.11 Å². The Morgan fingerprint density at radius 2 is 2.06 bits per heavy atom. The Balaban J connectivity index is 2.42. The fourth-order valence-corrected chi connectivity index (χ4v) is 2.86. The predicted octanol–water partition coefficient (Wildman–Crippen LogP) is 2.82. The molecule has 18 heavy (non-hydrogen) atoms. The minimum atomic E-state index is 0.0754. The third-order valence-electron chi connectivity index (χ3n) is 4.00. The molecule has 0 amide bonds. The Morgan fingerprint density at radius 1 is 1.33 bits per heavy atom. The molecule has 0 radical (unpaired) electrons. The SMILES string of the molecule is Cc1cc(C)c(CO)c(N2CC(C)CCC2C)n1. The van der Waals surface area contributed by atoms with E-state index in [1.165, 1.54) is 12.8 Å². The third-order valence-corrected chi connectivity index (χ3v) is 4.00. The van der Waals surface area contributed by atoms with Gasteiger partial charge in [-0.2, -0.15) is 0 Å². The molecule has 2 rings (SSSR count). The van der Waals surface area contributed by atoms with Crippen LogP contribution in [0, 0.1) is 19.8 Å². The highest BCUT2D eigenvalue weighted by Gasteiger charge is 2.26. The second-order valence-corrected chi connectivity index (χ2v) is 5.72. The van der Waals surface area contributed by atoms with Crippen LogP contribution in [0.25, 0.3) is 0 Å². The van der Waals surface area contributed by atoms with Gasteiger partial charge in [-0.1, -0.05) is 6.92 Å². The maximum absolute atomic E-state index is 9.61. The van der Waals surface area contributed by atoms with Crippen LogP contribution < -0.4 is 4.90 Å². The molecule has 2 heterocycles. The lowest BCUT2D eigenvalue weighted by Crippen LogP contribution is -2.42. The summed E-state index contributed by atoms with van der Waals surface area (Å²) in [6.45, 7) is 9.75. The number of aliphatic hydroxyl groups is 1. The number of hydrogen-bond acceptors (Lipinski definition) is 3. The number of piperidine rings is 1. The minimum absolute atomic E-state index is 0.0754. The summed E-state index contributed by atoms with van der Waals surface area (Å²) in [7, 11) is 0. The molecule has 1 fully saturated rings. The van der Waals surface area contributed by atoms with Gasteiger partial charge in [0.1, 0.15) is 5.82 Å². The van der Waals surface area contributed by atoms with Crippen LogP contribution in [0.2, 0.25) is 0 Å². The fraction of sp³-hybridized carbons (Fsp3) is 0.667. The second-order valence-electron chi connectivity index (χ2n) is 5.72. The van der Waals surface area contributed by atoms with Gasteiger partial charge in [0.15, 0.2) is 0 Å². The molecule has 1 aliphatic heterocycles. The number of pyridine rings is 1. The highest BCUT2D eigenvalue weighted by atomic mass is 16.3. The summed E-state index contributed by atoms with van der Waals surface area (Å²) >= 11 is 0. The van der Waals surface area contributed by atoms with E-state index in [-0.39, 0.29) is 6.61 Å². The van der Waals surface area contributed by atoms with Crippen molar-refractivity contribution in [2.24, 2.45) is 5.92 Å². The number of hydrogen-bond donors (Lipinski definition) is 1. The zero-order valence-corrected chi connectivity index (χ0v) is 11.9. The number of aliphatic hydroxyl groups excluding tert-OH is 1. The Kier molecular flexibility index (Phi) is 3.91. The van der Waals surface area contributed by atoms with Gasteiger partial charge in [0.25, 0.3) is 0 Å². The minimum Gasteiger partial charge on any atom is -0.392 e. The van der Waals surface area contributed by atoms with Crippen molar-refractivity contribution in [3.63, 3.8) is 0 Å². The van der Waals surface area contributed by atoms with Crippen molar-refractivity contribution in [2.75, 3.05) is 11.4 Å². The van der Waals surface area contributed by atoms with E-state index >= 15 is 0 Å². The van der Waals surface area contributed by atoms with Crippen LogP contribution >= 0.6 is 0 Å². The summed E-state index contributed by atoms with van der Waals surface area (Å²) in [5.41, 5.74) is 3.16. The van der Waals surface area contributed by atoms with E-state index in [0.29, 0.717) is 12.0 Å². The summed E-state index contributed by atoms with van der Waals surface area (Å²) < 4.78 is 0. The van der Waals surface area contributed by atoms with Crippen LogP contribution in [0.15, 0.2) is 6.07 Å². The Hall–Kier alpha value is -1.09. The molecule has 1 aromatic heterocycles. The topological polar surface area (TPSA) is 36.4 Å². The lowest BCUT2D eigenvalue weighted by Gasteiger charge is -2.39. The molecule has 2 atom stereocenters. The quantitative estimate of drug-likeness (QED) is 0.874. The van der Waals surface area contributed by atoms with E-state index < -0.39 is 0 Å². The van der Waals surface area contributed by atoms with Crippen LogP contribution in [0.5, 0.6) is 0 Å². The monoisotopic (exact) mass is 248 g/mol. The first-order valence-electron chi connectivity index (χ1n) is 6.87. The van der Waals surface area contributed by atoms with Gasteiger partial charge in [-0.05, 0) is 51.2 Å². The maximum Gasteiger partial charge on any atom is 0.134 e. The average Bonchev–Trinajstić information content (AvgIpc) is 2.31. The van der Waals surface area contributed by atoms with Crippen LogP contribution in [-0.2, 0) is 6.61 Å². The standard InChI is InChI=1S/C15H24N2O/c1-10-5-6-13(4)17(8-10)15-14(9-18)11(2)7-12(3)16-15/h7,10,13,18H,5-6,8-9H2,1-4H3. The number of aromatic nitrogens is 1. The van der Waals surface area contributed by atoms with E-state index in [1.807, 2.05) is 13.0 Å². The third kappa shape index (κ3) is 2.51. The van der Waals surface area contributed by atoms with Crippen LogP contribution in [0.4, 0.5) is 5.82 Å². The Bertz CT molecular complexity index is 431. The largest absolute Gasteiger partial charge is 0.392 e. The van der Waals surface area contributed by atoms with Gasteiger partial charge in [0, 0.05) is 23.8 Å². The molecule has 100 valence electrons. The highest BCUT2D eigenvalue weighted by molar-refractivity contribution is 5.52. The molecule has 1 aliphatic rings. The van der Waals surface area contributed by atoms with Crippen LogP contribution in [0.1, 0.15) is 43.5 Å². The number of aryl methyl sites for hydroxylation is 2. The zero-order chi connectivity index (χ0) is 13.3. The molecular weight excluding hydrogens is 224 g/mol. The predicted molar refractivity (Wildman–Crippen MR) is 74.8 cm³/mol. The molecule has 1 saturated heterocycles. The van der Waals surface area contributed by atoms with Crippen molar-refractivity contribution >= 4 is 5.82 Å². The van der Waals surface area contributed by atoms with Crippen LogP contribution in [0.3, 0.4) is 0 Å². The molecule has 1 N–H and O–H groups in total. The number of anilines is 1. The molecule has 0 aliphatic carbocycles. The van der Waals surface area contributed by atoms with Gasteiger partial charge < -0.3 is 10.0 Å². The number of nitrogens with zero attached hydrogens (tertiary/aromatic N) is 2. The molecule has 3 nitrogen and oxygen atoms in total. The lowest BCUT2D eigenvalue weighted by atomic mass is 9.94. The Labute approximate surface area is 110 Å². The zero-order valence-electron chi connectivity index (χ0n) is 11.9. The summed E-state index contributed by atoms with van der Waals surface area (Å²) in [5, 5.41) is 9.61. The normalized spacial score (nSPS) is 24.4. The second kappa shape index (κ2) is 5.27. The van der Waals surface area contributed by atoms with Crippen molar-refractivity contribution in [3.05, 3.63) is 22.9 Å². The maximum atomic E-state index is 9.61. The summed E-state index contributed by atoms with van der Waals surface area (Å²) in [4.78, 5) is 7.05. The smallest absolute Gasteiger partial charge is 0.134 e. The average molecular weight is 248 g/mol. The van der Waals surface area contributed by atoms with Gasteiger partial charge >= 0.3 is 0 Å². The molecule has 0 bridgehead atoms. The van der Waals surface area contributed by atoms with Gasteiger partial charge in [0.05, 0.1) is 6.61 Å². The fourth-order valence-electron chi connectivity index (χ4n) is 2.86. The first-order chi connectivity index (χ1) is 8.52. The van der Waals surface area contributed by atoms with E-state index in [0.717, 1.165) is 29.2 Å². The summed E-state index contributed by atoms with van der Waals surface area (Å²) in [6.07, 6.45) is 2.50. The van der Waals surface area contributed by atoms with Crippen molar-refractivity contribution in [1.29, 1.82) is 0 Å². The Morgan fingerprint density at radius 3 is 2.72 bits per heavy atom. The van der Waals surface area contributed by atoms with Crippen molar-refractivity contribution in [1.82, 2.24) is 4.98 Å². The van der Waals surface area contributed by atoms with Crippen LogP contribution in [-0.4, -0.2) is 22.7 Å². The van der Waals surface area contributed by atoms with Gasteiger partial charge in [-0.15, -0.1) is 0 Å². The molecule has 3 heteroatoms. The van der Waals surface area contributed by atoms with E-state index in [1.54, 1.807) is 0 Å². The molecule has 1 aromatic rings. The van der Waals surface area contributed by atoms with E-state index in [4.69, 9.17) is 0 Å². The lowest BCUT2D eigenvalue weighted by molar-refractivity contribution is 0.279. The van der Waals surface area contributed by atoms with Gasteiger partial charge in [-0.3, -0.25) is 0 Å². The van der Waals surface area contributed by atoms with E-state index in [2.05, 4.69) is 30.7 Å². The molecule has 2 unspecified atom stereocenters. The summed E-state index contributed by atoms with van der Waals surface area (Å²) in [5.74, 6) is 1.70. The summed E-state index contributed by atoms with van der Waals surface area (Å²) in [6, 6.07) is 2.56. The first-order valence-corrected chi connectivity index (χ1v) is 6.87. The van der Waals surface area contributed by atoms with Gasteiger partial charge in [0.2, 0.25) is 0 Å². The van der Waals surface area contributed by atoms with Gasteiger partial charge in [-0.25, -0.2) is 4.98 Å². The molecule has 0 aromatic carbocycles. The number of rotatable bonds is 2. The molecule has 0 spiro atoms. The van der Waals surface area contributed by atoms with Crippen molar-refractivity contribution in [3.8, 4) is 0 Å².